The maximum absolute atomic E-state index is 11.9. The van der Waals surface area contributed by atoms with Gasteiger partial charge in [-0.05, 0) is 203 Å². The molecule has 0 aliphatic carbocycles. The van der Waals surface area contributed by atoms with E-state index in [1.165, 1.54) is 55.8 Å². The lowest BCUT2D eigenvalue weighted by molar-refractivity contribution is -0.139. The van der Waals surface area contributed by atoms with E-state index in [9.17, 15) is 14.7 Å². The zero-order valence-electron chi connectivity index (χ0n) is 66.5. The lowest BCUT2D eigenvalue weighted by atomic mass is 10.2. The van der Waals surface area contributed by atoms with Gasteiger partial charge < -0.3 is 47.7 Å². The molecule has 0 saturated carbocycles. The summed E-state index contributed by atoms with van der Waals surface area (Å²) in [7, 11) is -10.0. The standard InChI is InChI=1S/C32H56O6Si3.C18H36O2Si3.C14H22Br2O2Si.C12H18Br2O2Si/c1-13-36-30-28(40(9,10)19-14-16-37-31(33)25(2)3)22-27(24-35-18-21-39(6,7)8)23-29(30)41(11,12)20-15-17-38-32(34)26(4)5;1-9-20-18-16(21(2)3)12-15(13-17(18)22(4)5)14-19-10-11-23(6,7)8;1-5-18-14-12(15)8-11(9-13(14)16)10-17-6-7-19(2,3)4;1-17(2,3)5-4-16-8-9-6-10(13)12(15)11(14)7-9/h22-23H,2,4,13-21,24H2,1,3,5-12H3;12-13,21-22H,9-11,14H2,1-8H3;8-9H,5-7,10H2,1-4H3;6-7,15H,4-5,8H2,1-3H3. The molecule has 0 unspecified atom stereocenters. The fourth-order valence-corrected chi connectivity index (χ4v) is 24.0. The van der Waals surface area contributed by atoms with Crippen LogP contribution in [0.25, 0.3) is 0 Å². The monoisotopic (exact) mass is 1780 g/mol. The summed E-state index contributed by atoms with van der Waals surface area (Å²) in [5, 5.41) is 15.2. The number of carbonyl (C=O) groups is 2. The number of hydrogen-bond acceptors (Lipinski definition) is 12. The molecule has 4 aromatic rings. The molecule has 0 bridgehead atoms. The lowest BCUT2D eigenvalue weighted by Gasteiger charge is -2.32. The summed E-state index contributed by atoms with van der Waals surface area (Å²) in [5.74, 6) is 2.66. The zero-order chi connectivity index (χ0) is 76.6. The summed E-state index contributed by atoms with van der Waals surface area (Å²) in [4.78, 5) is 23.7. The first-order valence-electron chi connectivity index (χ1n) is 36.0. The van der Waals surface area contributed by atoms with Crippen molar-refractivity contribution in [3.63, 3.8) is 0 Å². The molecule has 0 radical (unpaired) electrons. The van der Waals surface area contributed by atoms with Crippen LogP contribution >= 0.6 is 63.7 Å². The Hall–Kier alpha value is -2.00. The molecule has 4 rings (SSSR count). The van der Waals surface area contributed by atoms with E-state index in [2.05, 4.69) is 251 Å². The molecule has 24 heteroatoms. The summed E-state index contributed by atoms with van der Waals surface area (Å²) in [6.45, 7) is 72.9. The third kappa shape index (κ3) is 40.1. The molecule has 1 N–H and O–H groups in total. The van der Waals surface area contributed by atoms with Gasteiger partial charge in [0.1, 0.15) is 23.0 Å². The molecule has 0 aliphatic rings. The van der Waals surface area contributed by atoms with Gasteiger partial charge in [-0.25, -0.2) is 9.59 Å². The highest BCUT2D eigenvalue weighted by Crippen LogP contribution is 2.36. The minimum absolute atomic E-state index is 0.232. The summed E-state index contributed by atoms with van der Waals surface area (Å²) in [6, 6.07) is 23.9. The van der Waals surface area contributed by atoms with Crippen LogP contribution in [-0.4, -0.2) is 143 Å². The molecule has 100 heavy (non-hydrogen) atoms. The molecule has 0 amide bonds. The first-order valence-corrected chi connectivity index (χ1v) is 66.2. The smallest absolute Gasteiger partial charge is 0.333 e. The van der Waals surface area contributed by atoms with Crippen molar-refractivity contribution in [2.45, 2.75) is 241 Å². The van der Waals surface area contributed by atoms with E-state index in [4.69, 9.17) is 42.6 Å². The summed E-state index contributed by atoms with van der Waals surface area (Å²) in [6.07, 6.45) is 1.59. The van der Waals surface area contributed by atoms with Crippen LogP contribution < -0.4 is 35.0 Å². The molecule has 0 aromatic heterocycles. The Kier molecular flexibility index (Phi) is 45.1. The maximum Gasteiger partial charge on any atom is 0.333 e. The zero-order valence-corrected chi connectivity index (χ0v) is 81.1. The Morgan fingerprint density at radius 2 is 0.670 bits per heavy atom. The van der Waals surface area contributed by atoms with Gasteiger partial charge in [-0.1, -0.05) is 180 Å². The van der Waals surface area contributed by atoms with Crippen molar-refractivity contribution >= 4 is 162 Å². The van der Waals surface area contributed by atoms with Crippen molar-refractivity contribution in [2.24, 2.45) is 0 Å². The van der Waals surface area contributed by atoms with Crippen molar-refractivity contribution in [3.05, 3.63) is 113 Å². The average molecular weight is 1780 g/mol. The number of rotatable bonds is 40. The number of halogens is 4. The third-order valence-corrected chi connectivity index (χ3v) is 35.6. The number of benzene rings is 4. The Morgan fingerprint density at radius 1 is 0.400 bits per heavy atom. The Bertz CT molecular complexity index is 3010. The second-order valence-electron chi connectivity index (χ2n) is 32.8. The minimum Gasteiger partial charge on any atom is -0.506 e. The SMILES string of the molecule is C=C(C)C(=O)OCCC[Si](C)(C)c1cc(COCC[Si](C)(C)C)cc([Si](C)(C)CCCOC(=O)C(=C)C)c1OCC.CCOc1c(Br)cc(COCC[Si](C)(C)C)cc1Br.CCOc1c([SiH](C)C)cc(COCC[Si](C)(C)C)cc1[SiH](C)C.C[Si](C)(C)CCOCc1cc(Br)c(O)c(Br)c1. The van der Waals surface area contributed by atoms with Gasteiger partial charge in [0, 0.05) is 69.9 Å². The van der Waals surface area contributed by atoms with Gasteiger partial charge >= 0.3 is 11.9 Å². The predicted octanol–water partition coefficient (Wildman–Crippen LogP) is 20.4. The molecule has 0 heterocycles. The first-order chi connectivity index (χ1) is 46.2. The number of phenols is 1. The molecule has 0 aliphatic heterocycles. The summed E-state index contributed by atoms with van der Waals surface area (Å²) < 4.78 is 55.8. The van der Waals surface area contributed by atoms with Crippen molar-refractivity contribution in [1.29, 1.82) is 0 Å². The topological polar surface area (TPSA) is 137 Å². The number of aromatic hydroxyl groups is 1. The highest BCUT2D eigenvalue weighted by atomic mass is 79.9. The Morgan fingerprint density at radius 3 is 0.950 bits per heavy atom. The van der Waals surface area contributed by atoms with Crippen LogP contribution in [0.2, 0.25) is 167 Å². The molecule has 0 spiro atoms. The van der Waals surface area contributed by atoms with Gasteiger partial charge in [0.15, 0.2) is 0 Å². The largest absolute Gasteiger partial charge is 0.506 e. The minimum atomic E-state index is -1.99. The van der Waals surface area contributed by atoms with Crippen LogP contribution in [0, 0.1) is 0 Å². The van der Waals surface area contributed by atoms with Crippen LogP contribution in [0.5, 0.6) is 23.0 Å². The van der Waals surface area contributed by atoms with Gasteiger partial charge in [0.05, 0.1) is 111 Å². The Labute approximate surface area is 650 Å². The molecule has 4 aromatic carbocycles. The van der Waals surface area contributed by atoms with Gasteiger partial charge in [0.25, 0.3) is 0 Å². The molecular formula is C76H132Br4O12Si8. The van der Waals surface area contributed by atoms with Gasteiger partial charge in [-0.3, -0.25) is 0 Å². The molecule has 0 saturated heterocycles. The fraction of sp³-hybridized carbons (Fsp3) is 0.605. The summed E-state index contributed by atoms with van der Waals surface area (Å²) >= 11 is 13.7. The van der Waals surface area contributed by atoms with Crippen molar-refractivity contribution in [2.75, 3.05) is 59.5 Å². The molecule has 0 atom stereocenters. The number of hydrogen-bond donors (Lipinski definition) is 1. The highest BCUT2D eigenvalue weighted by Gasteiger charge is 2.35. The number of esters is 2. The number of carbonyl (C=O) groups excluding carboxylic acids is 2. The highest BCUT2D eigenvalue weighted by molar-refractivity contribution is 9.11. The second-order valence-corrected chi connectivity index (χ2v) is 74.2. The van der Waals surface area contributed by atoms with Crippen LogP contribution in [0.1, 0.15) is 69.7 Å². The number of ether oxygens (including phenoxy) is 9. The van der Waals surface area contributed by atoms with Crippen LogP contribution in [0.15, 0.2) is 90.7 Å². The van der Waals surface area contributed by atoms with E-state index in [1.807, 2.05) is 26.0 Å². The van der Waals surface area contributed by atoms with Crippen molar-refractivity contribution in [3.8, 4) is 23.0 Å². The maximum atomic E-state index is 11.9. The fourth-order valence-electron chi connectivity index (χ4n) is 9.89. The summed E-state index contributed by atoms with van der Waals surface area (Å²) in [5.41, 5.74) is 5.59. The van der Waals surface area contributed by atoms with Crippen LogP contribution in [0.4, 0.5) is 0 Å². The molecule has 568 valence electrons. The van der Waals surface area contributed by atoms with E-state index in [0.29, 0.717) is 66.3 Å². The Balaban J connectivity index is 0.000000717. The average Bonchev–Trinajstić information content (AvgIpc) is 0.771. The number of phenolic OH excluding ortho intramolecular Hbond substituents is 1. The van der Waals surface area contributed by atoms with E-state index >= 15 is 0 Å². The molecular weight excluding hydrogens is 1650 g/mol. The lowest BCUT2D eigenvalue weighted by Crippen LogP contribution is -2.50. The van der Waals surface area contributed by atoms with Crippen LogP contribution in [-0.2, 0) is 64.4 Å². The van der Waals surface area contributed by atoms with E-state index in [-0.39, 0.29) is 17.7 Å². The van der Waals surface area contributed by atoms with E-state index < -0.39 is 66.0 Å². The van der Waals surface area contributed by atoms with E-state index in [0.717, 1.165) is 102 Å². The molecule has 12 nitrogen and oxygen atoms in total. The predicted molar refractivity (Wildman–Crippen MR) is 465 cm³/mol. The quantitative estimate of drug-likeness (QED) is 0.0196. The normalized spacial score (nSPS) is 12.0. The van der Waals surface area contributed by atoms with Crippen molar-refractivity contribution in [1.82, 2.24) is 0 Å². The van der Waals surface area contributed by atoms with Crippen molar-refractivity contribution < 1.29 is 57.3 Å². The van der Waals surface area contributed by atoms with Gasteiger partial charge in [0.2, 0.25) is 0 Å². The molecule has 0 fully saturated rings. The van der Waals surface area contributed by atoms with Gasteiger partial charge in [-0.2, -0.15) is 0 Å². The first kappa shape index (κ1) is 96.0. The van der Waals surface area contributed by atoms with Crippen LogP contribution in [0.3, 0.4) is 0 Å². The second kappa shape index (κ2) is 46.9. The van der Waals surface area contributed by atoms with E-state index in [1.54, 1.807) is 13.8 Å². The third-order valence-electron chi connectivity index (χ3n) is 16.2. The van der Waals surface area contributed by atoms with Gasteiger partial charge in [-0.15, -0.1) is 0 Å².